The number of rotatable bonds is 3. The monoisotopic (exact) mass is 247 g/mol. The second-order valence-corrected chi connectivity index (χ2v) is 5.43. The fourth-order valence-electron chi connectivity index (χ4n) is 2.61. The Morgan fingerprint density at radius 3 is 2.33 bits per heavy atom. The Balaban J connectivity index is 2.18. The van der Waals surface area contributed by atoms with Crippen molar-refractivity contribution in [3.05, 3.63) is 35.9 Å². The smallest absolute Gasteiger partial charge is 0.252 e. The van der Waals surface area contributed by atoms with Gasteiger partial charge < -0.3 is 10.0 Å². The standard InChI is InChI=1S/C15H21NO2/c1-10(2)13-9-16(15(18)14(13)17)11(3)12-7-5-4-6-8-12/h4-8,10-11,13-14,17H,9H2,1-3H3/t11-,13?,14?/m1/s1. The van der Waals surface area contributed by atoms with E-state index in [-0.39, 0.29) is 17.9 Å². The van der Waals surface area contributed by atoms with Crippen LogP contribution in [0.4, 0.5) is 0 Å². The van der Waals surface area contributed by atoms with Crippen LogP contribution in [0.1, 0.15) is 32.4 Å². The minimum absolute atomic E-state index is 0.0251. The zero-order valence-electron chi connectivity index (χ0n) is 11.2. The highest BCUT2D eigenvalue weighted by molar-refractivity contribution is 5.83. The minimum Gasteiger partial charge on any atom is -0.383 e. The summed E-state index contributed by atoms with van der Waals surface area (Å²) in [5.41, 5.74) is 1.11. The van der Waals surface area contributed by atoms with Gasteiger partial charge >= 0.3 is 0 Å². The molecule has 1 heterocycles. The first-order valence-electron chi connectivity index (χ1n) is 6.56. The number of carbonyl (C=O) groups excluding carboxylic acids is 1. The molecular weight excluding hydrogens is 226 g/mol. The van der Waals surface area contributed by atoms with Crippen LogP contribution < -0.4 is 0 Å². The molecule has 1 aromatic rings. The van der Waals surface area contributed by atoms with Gasteiger partial charge in [-0.3, -0.25) is 4.79 Å². The molecule has 1 aliphatic heterocycles. The number of nitrogens with zero attached hydrogens (tertiary/aromatic N) is 1. The lowest BCUT2D eigenvalue weighted by Gasteiger charge is -2.25. The molecule has 18 heavy (non-hydrogen) atoms. The molecule has 1 aliphatic rings. The summed E-state index contributed by atoms with van der Waals surface area (Å²) in [5.74, 6) is 0.227. The number of carbonyl (C=O) groups is 1. The molecule has 3 atom stereocenters. The molecular formula is C15H21NO2. The molecule has 1 saturated heterocycles. The summed E-state index contributed by atoms with van der Waals surface area (Å²) in [6.45, 7) is 6.77. The highest BCUT2D eigenvalue weighted by atomic mass is 16.3. The Morgan fingerprint density at radius 2 is 1.83 bits per heavy atom. The van der Waals surface area contributed by atoms with Gasteiger partial charge in [0.15, 0.2) is 0 Å². The first kappa shape index (κ1) is 13.1. The number of aliphatic hydroxyl groups is 1. The SMILES string of the molecule is CC(C)C1CN([C@H](C)c2ccccc2)C(=O)C1O. The summed E-state index contributed by atoms with van der Waals surface area (Å²) in [6.07, 6.45) is -0.837. The van der Waals surface area contributed by atoms with Crippen LogP contribution in [0.15, 0.2) is 30.3 Å². The molecule has 0 spiro atoms. The zero-order chi connectivity index (χ0) is 13.3. The molecule has 0 saturated carbocycles. The van der Waals surface area contributed by atoms with Crippen LogP contribution in [-0.2, 0) is 4.79 Å². The summed E-state index contributed by atoms with van der Waals surface area (Å²) >= 11 is 0. The lowest BCUT2D eigenvalue weighted by molar-refractivity contribution is -0.136. The summed E-state index contributed by atoms with van der Waals surface area (Å²) in [6, 6.07) is 9.98. The molecule has 2 rings (SSSR count). The number of amides is 1. The average Bonchev–Trinajstić information content (AvgIpc) is 2.67. The molecule has 0 aliphatic carbocycles. The Morgan fingerprint density at radius 1 is 1.22 bits per heavy atom. The molecule has 2 unspecified atom stereocenters. The van der Waals surface area contributed by atoms with E-state index in [0.717, 1.165) is 5.56 Å². The first-order valence-corrected chi connectivity index (χ1v) is 6.56. The van der Waals surface area contributed by atoms with Gasteiger partial charge in [0.2, 0.25) is 0 Å². The van der Waals surface area contributed by atoms with Crippen LogP contribution in [0.3, 0.4) is 0 Å². The van der Waals surface area contributed by atoms with Gasteiger partial charge in [-0.1, -0.05) is 44.2 Å². The second-order valence-electron chi connectivity index (χ2n) is 5.43. The number of hydrogen-bond acceptors (Lipinski definition) is 2. The van der Waals surface area contributed by atoms with Crippen LogP contribution in [0.2, 0.25) is 0 Å². The molecule has 1 fully saturated rings. The van der Waals surface area contributed by atoms with Crippen molar-refractivity contribution in [2.24, 2.45) is 11.8 Å². The topological polar surface area (TPSA) is 40.5 Å². The summed E-state index contributed by atoms with van der Waals surface area (Å²) < 4.78 is 0. The number of aliphatic hydroxyl groups excluding tert-OH is 1. The van der Waals surface area contributed by atoms with E-state index in [9.17, 15) is 9.90 Å². The summed E-state index contributed by atoms with van der Waals surface area (Å²) in [5, 5.41) is 10.0. The van der Waals surface area contributed by atoms with Crippen molar-refractivity contribution in [1.82, 2.24) is 4.90 Å². The summed E-state index contributed by atoms with van der Waals surface area (Å²) in [4.78, 5) is 13.9. The van der Waals surface area contributed by atoms with Gasteiger partial charge in [-0.25, -0.2) is 0 Å². The van der Waals surface area contributed by atoms with Crippen LogP contribution in [-0.4, -0.2) is 28.6 Å². The average molecular weight is 247 g/mol. The largest absolute Gasteiger partial charge is 0.383 e. The van der Waals surface area contributed by atoms with Crippen LogP contribution in [0.25, 0.3) is 0 Å². The van der Waals surface area contributed by atoms with E-state index in [1.165, 1.54) is 0 Å². The van der Waals surface area contributed by atoms with Crippen molar-refractivity contribution in [3.8, 4) is 0 Å². The number of benzene rings is 1. The Bertz CT molecular complexity index is 416. The van der Waals surface area contributed by atoms with E-state index in [2.05, 4.69) is 13.8 Å². The van der Waals surface area contributed by atoms with Crippen molar-refractivity contribution in [2.75, 3.05) is 6.54 Å². The Labute approximate surface area is 108 Å². The molecule has 0 aromatic heterocycles. The van der Waals surface area contributed by atoms with E-state index in [1.807, 2.05) is 37.3 Å². The molecule has 3 heteroatoms. The van der Waals surface area contributed by atoms with Gasteiger partial charge in [0.05, 0.1) is 6.04 Å². The Hall–Kier alpha value is -1.35. The van der Waals surface area contributed by atoms with Gasteiger partial charge in [-0.2, -0.15) is 0 Å². The molecule has 1 N–H and O–H groups in total. The Kier molecular flexibility index (Phi) is 3.71. The van der Waals surface area contributed by atoms with Crippen molar-refractivity contribution >= 4 is 5.91 Å². The number of hydrogen-bond donors (Lipinski definition) is 1. The molecule has 3 nitrogen and oxygen atoms in total. The third-order valence-electron chi connectivity index (χ3n) is 3.95. The van der Waals surface area contributed by atoms with Crippen molar-refractivity contribution in [2.45, 2.75) is 32.9 Å². The maximum atomic E-state index is 12.1. The van der Waals surface area contributed by atoms with E-state index in [1.54, 1.807) is 4.90 Å². The maximum absolute atomic E-state index is 12.1. The lowest BCUT2D eigenvalue weighted by Crippen LogP contribution is -2.32. The van der Waals surface area contributed by atoms with E-state index in [0.29, 0.717) is 12.5 Å². The van der Waals surface area contributed by atoms with Crippen LogP contribution >= 0.6 is 0 Å². The minimum atomic E-state index is -0.837. The molecule has 0 radical (unpaired) electrons. The first-order chi connectivity index (χ1) is 8.52. The fourth-order valence-corrected chi connectivity index (χ4v) is 2.61. The highest BCUT2D eigenvalue weighted by Crippen LogP contribution is 2.31. The third kappa shape index (κ3) is 2.27. The lowest BCUT2D eigenvalue weighted by atomic mass is 9.93. The maximum Gasteiger partial charge on any atom is 0.252 e. The van der Waals surface area contributed by atoms with Crippen molar-refractivity contribution in [3.63, 3.8) is 0 Å². The molecule has 1 amide bonds. The van der Waals surface area contributed by atoms with E-state index >= 15 is 0 Å². The van der Waals surface area contributed by atoms with Crippen LogP contribution in [0.5, 0.6) is 0 Å². The fraction of sp³-hybridized carbons (Fsp3) is 0.533. The normalized spacial score (nSPS) is 25.8. The van der Waals surface area contributed by atoms with Gasteiger partial charge in [0, 0.05) is 12.5 Å². The molecule has 98 valence electrons. The van der Waals surface area contributed by atoms with Crippen molar-refractivity contribution < 1.29 is 9.90 Å². The summed E-state index contributed by atoms with van der Waals surface area (Å²) in [7, 11) is 0. The molecule has 1 aromatic carbocycles. The third-order valence-corrected chi connectivity index (χ3v) is 3.95. The van der Waals surface area contributed by atoms with Gasteiger partial charge in [-0.05, 0) is 18.4 Å². The van der Waals surface area contributed by atoms with Crippen molar-refractivity contribution in [1.29, 1.82) is 0 Å². The highest BCUT2D eigenvalue weighted by Gasteiger charge is 2.42. The predicted molar refractivity (Wildman–Crippen MR) is 70.9 cm³/mol. The molecule has 0 bridgehead atoms. The van der Waals surface area contributed by atoms with E-state index < -0.39 is 6.10 Å². The van der Waals surface area contributed by atoms with Gasteiger partial charge in [0.1, 0.15) is 6.10 Å². The number of likely N-dealkylation sites (tertiary alicyclic amines) is 1. The van der Waals surface area contributed by atoms with Crippen LogP contribution in [0, 0.1) is 11.8 Å². The zero-order valence-corrected chi connectivity index (χ0v) is 11.2. The second kappa shape index (κ2) is 5.11. The van der Waals surface area contributed by atoms with E-state index in [4.69, 9.17) is 0 Å². The quantitative estimate of drug-likeness (QED) is 0.889. The van der Waals surface area contributed by atoms with Gasteiger partial charge in [-0.15, -0.1) is 0 Å². The predicted octanol–water partition coefficient (Wildman–Crippen LogP) is 2.22. The van der Waals surface area contributed by atoms with Gasteiger partial charge in [0.25, 0.3) is 5.91 Å².